The van der Waals surface area contributed by atoms with E-state index in [9.17, 15) is 4.39 Å². The van der Waals surface area contributed by atoms with Crippen LogP contribution in [0, 0.1) is 12.7 Å². The first-order chi connectivity index (χ1) is 10.7. The molecular formula is C18H21ClFNO2. The highest BCUT2D eigenvalue weighted by Gasteiger charge is 2.28. The Morgan fingerprint density at radius 3 is 2.74 bits per heavy atom. The zero-order chi connectivity index (χ0) is 15.4. The fraction of sp³-hybridized carbons (Fsp3) is 0.333. The largest absolute Gasteiger partial charge is 0.483 e. The van der Waals surface area contributed by atoms with E-state index < -0.39 is 0 Å². The number of hydrogen-bond donors (Lipinski definition) is 1. The lowest BCUT2D eigenvalue weighted by Crippen LogP contribution is -2.43. The zero-order valence-corrected chi connectivity index (χ0v) is 13.8. The van der Waals surface area contributed by atoms with Gasteiger partial charge in [0.1, 0.15) is 17.7 Å². The average Bonchev–Trinajstić information content (AvgIpc) is 2.55. The number of aryl methyl sites for hydroxylation is 1. The summed E-state index contributed by atoms with van der Waals surface area (Å²) < 4.78 is 25.6. The van der Waals surface area contributed by atoms with Crippen LogP contribution < -0.4 is 10.1 Å². The summed E-state index contributed by atoms with van der Waals surface area (Å²) in [7, 11) is 0. The van der Waals surface area contributed by atoms with Crippen molar-refractivity contribution in [3.8, 4) is 5.75 Å². The number of hydrogen-bond acceptors (Lipinski definition) is 3. The molecule has 2 atom stereocenters. The van der Waals surface area contributed by atoms with Gasteiger partial charge < -0.3 is 14.8 Å². The van der Waals surface area contributed by atoms with E-state index >= 15 is 0 Å². The number of halogens is 2. The van der Waals surface area contributed by atoms with E-state index in [0.717, 1.165) is 23.4 Å². The molecule has 0 unspecified atom stereocenters. The number of benzene rings is 2. The predicted molar refractivity (Wildman–Crippen MR) is 90.8 cm³/mol. The first-order valence-electron chi connectivity index (χ1n) is 7.54. The maximum absolute atomic E-state index is 13.6. The molecule has 2 aromatic rings. The molecule has 1 aliphatic heterocycles. The van der Waals surface area contributed by atoms with Gasteiger partial charge in [0.25, 0.3) is 0 Å². The van der Waals surface area contributed by atoms with Crippen molar-refractivity contribution < 1.29 is 13.9 Å². The van der Waals surface area contributed by atoms with Gasteiger partial charge >= 0.3 is 0 Å². The minimum atomic E-state index is -0.343. The lowest BCUT2D eigenvalue weighted by atomic mass is 10.0. The third-order valence-corrected chi connectivity index (χ3v) is 3.82. The standard InChI is InChI=1S/C18H20FNO2.ClH/c1-13-5-2-3-8-16(13)22-18(17-12-20-9-10-21-17)14-6-4-7-15(19)11-14;/h2-8,11,17-18,20H,9-10,12H2,1H3;1H/t17-,18-;/m0./s1. The van der Waals surface area contributed by atoms with Crippen LogP contribution in [-0.2, 0) is 4.74 Å². The van der Waals surface area contributed by atoms with E-state index in [1.807, 2.05) is 37.3 Å². The smallest absolute Gasteiger partial charge is 0.151 e. The molecule has 1 saturated heterocycles. The fourth-order valence-electron chi connectivity index (χ4n) is 2.65. The number of nitrogens with one attached hydrogen (secondary N) is 1. The number of morpholine rings is 1. The van der Waals surface area contributed by atoms with Crippen molar-refractivity contribution in [1.29, 1.82) is 0 Å². The maximum Gasteiger partial charge on any atom is 0.151 e. The number of ether oxygens (including phenoxy) is 2. The Labute approximate surface area is 142 Å². The lowest BCUT2D eigenvalue weighted by Gasteiger charge is -2.32. The van der Waals surface area contributed by atoms with E-state index in [0.29, 0.717) is 13.2 Å². The van der Waals surface area contributed by atoms with Crippen molar-refractivity contribution in [2.45, 2.75) is 19.1 Å². The molecule has 1 fully saturated rings. The Hall–Kier alpha value is -1.62. The van der Waals surface area contributed by atoms with Gasteiger partial charge in [0, 0.05) is 13.1 Å². The van der Waals surface area contributed by atoms with Gasteiger partial charge in [-0.05, 0) is 36.2 Å². The Bertz CT molecular complexity index is 632. The molecule has 124 valence electrons. The van der Waals surface area contributed by atoms with Crippen LogP contribution in [0.5, 0.6) is 5.75 Å². The Morgan fingerprint density at radius 2 is 2.04 bits per heavy atom. The third-order valence-electron chi connectivity index (χ3n) is 3.82. The normalized spacial score (nSPS) is 18.8. The Balaban J connectivity index is 0.00000192. The van der Waals surface area contributed by atoms with Crippen molar-refractivity contribution >= 4 is 12.4 Å². The van der Waals surface area contributed by atoms with E-state index in [1.54, 1.807) is 6.07 Å². The first kappa shape index (κ1) is 17.7. The van der Waals surface area contributed by atoms with E-state index in [4.69, 9.17) is 9.47 Å². The predicted octanol–water partition coefficient (Wildman–Crippen LogP) is 3.66. The summed E-state index contributed by atoms with van der Waals surface area (Å²) in [5.41, 5.74) is 1.84. The van der Waals surface area contributed by atoms with Crippen molar-refractivity contribution in [2.75, 3.05) is 19.7 Å². The zero-order valence-electron chi connectivity index (χ0n) is 13.0. The van der Waals surface area contributed by atoms with Crippen molar-refractivity contribution in [1.82, 2.24) is 5.32 Å². The van der Waals surface area contributed by atoms with Crippen molar-refractivity contribution in [3.05, 3.63) is 65.5 Å². The van der Waals surface area contributed by atoms with Crippen molar-refractivity contribution in [2.24, 2.45) is 0 Å². The fourth-order valence-corrected chi connectivity index (χ4v) is 2.65. The molecule has 0 aromatic heterocycles. The molecular weight excluding hydrogens is 317 g/mol. The quantitative estimate of drug-likeness (QED) is 0.923. The van der Waals surface area contributed by atoms with Gasteiger partial charge in [-0.25, -0.2) is 4.39 Å². The van der Waals surface area contributed by atoms with Crippen LogP contribution in [0.15, 0.2) is 48.5 Å². The minimum Gasteiger partial charge on any atom is -0.483 e. The highest BCUT2D eigenvalue weighted by atomic mass is 35.5. The highest BCUT2D eigenvalue weighted by Crippen LogP contribution is 2.29. The lowest BCUT2D eigenvalue weighted by molar-refractivity contribution is -0.0435. The second-order valence-corrected chi connectivity index (χ2v) is 5.47. The molecule has 0 saturated carbocycles. The van der Waals surface area contributed by atoms with Gasteiger partial charge in [0.2, 0.25) is 0 Å². The summed E-state index contributed by atoms with van der Waals surface area (Å²) in [4.78, 5) is 0. The summed E-state index contributed by atoms with van der Waals surface area (Å²) in [6.07, 6.45) is -0.486. The van der Waals surface area contributed by atoms with Crippen LogP contribution in [0.1, 0.15) is 17.2 Å². The summed E-state index contributed by atoms with van der Waals surface area (Å²) in [5, 5.41) is 3.30. The summed E-state index contributed by atoms with van der Waals surface area (Å²) >= 11 is 0. The van der Waals surface area contributed by atoms with Gasteiger partial charge in [0.05, 0.1) is 6.61 Å². The van der Waals surface area contributed by atoms with E-state index in [2.05, 4.69) is 5.32 Å². The van der Waals surface area contributed by atoms with Crippen LogP contribution in [-0.4, -0.2) is 25.8 Å². The monoisotopic (exact) mass is 337 g/mol. The second-order valence-electron chi connectivity index (χ2n) is 5.47. The van der Waals surface area contributed by atoms with Crippen LogP contribution in [0.25, 0.3) is 0 Å². The molecule has 3 nitrogen and oxygen atoms in total. The molecule has 23 heavy (non-hydrogen) atoms. The van der Waals surface area contributed by atoms with Crippen LogP contribution >= 0.6 is 12.4 Å². The minimum absolute atomic E-state index is 0. The van der Waals surface area contributed by atoms with Gasteiger partial charge in [-0.15, -0.1) is 12.4 Å². The molecule has 0 radical (unpaired) electrons. The first-order valence-corrected chi connectivity index (χ1v) is 7.54. The summed E-state index contributed by atoms with van der Waals surface area (Å²) in [6, 6.07) is 14.4. The van der Waals surface area contributed by atoms with E-state index in [1.165, 1.54) is 12.1 Å². The third kappa shape index (κ3) is 4.44. The highest BCUT2D eigenvalue weighted by molar-refractivity contribution is 5.85. The molecule has 1 N–H and O–H groups in total. The molecule has 3 rings (SSSR count). The topological polar surface area (TPSA) is 30.5 Å². The summed E-state index contributed by atoms with van der Waals surface area (Å²) in [6.45, 7) is 4.15. The van der Waals surface area contributed by atoms with Crippen LogP contribution in [0.4, 0.5) is 4.39 Å². The second kappa shape index (κ2) is 8.29. The molecule has 1 heterocycles. The van der Waals surface area contributed by atoms with Gasteiger partial charge in [-0.1, -0.05) is 30.3 Å². The van der Waals surface area contributed by atoms with Crippen molar-refractivity contribution in [3.63, 3.8) is 0 Å². The van der Waals surface area contributed by atoms with Gasteiger partial charge in [-0.3, -0.25) is 0 Å². The van der Waals surface area contributed by atoms with Crippen LogP contribution in [0.3, 0.4) is 0 Å². The SMILES string of the molecule is Cc1ccccc1O[C@@H](c1cccc(F)c1)[C@@H]1CNCCO1.Cl. The molecule has 0 bridgehead atoms. The number of rotatable bonds is 4. The number of para-hydroxylation sites is 1. The van der Waals surface area contributed by atoms with Crippen LogP contribution in [0.2, 0.25) is 0 Å². The summed E-state index contributed by atoms with van der Waals surface area (Å²) in [5.74, 6) is 0.533. The van der Waals surface area contributed by atoms with Gasteiger partial charge in [-0.2, -0.15) is 0 Å². The maximum atomic E-state index is 13.6. The Morgan fingerprint density at radius 1 is 1.22 bits per heavy atom. The molecule has 5 heteroatoms. The molecule has 0 spiro atoms. The molecule has 1 aliphatic rings. The molecule has 0 aliphatic carbocycles. The van der Waals surface area contributed by atoms with E-state index in [-0.39, 0.29) is 30.4 Å². The Kier molecular flexibility index (Phi) is 6.39. The van der Waals surface area contributed by atoms with Gasteiger partial charge in [0.15, 0.2) is 6.10 Å². The average molecular weight is 338 g/mol. The molecule has 0 amide bonds. The molecule has 2 aromatic carbocycles.